The summed E-state index contributed by atoms with van der Waals surface area (Å²) in [5.74, 6) is -0.316. The highest BCUT2D eigenvalue weighted by molar-refractivity contribution is 5.98. The van der Waals surface area contributed by atoms with E-state index in [2.05, 4.69) is 17.4 Å². The summed E-state index contributed by atoms with van der Waals surface area (Å²) in [6, 6.07) is 23.7. The first-order valence-corrected chi connectivity index (χ1v) is 12.0. The van der Waals surface area contributed by atoms with Crippen LogP contribution in [0.15, 0.2) is 72.8 Å². The lowest BCUT2D eigenvalue weighted by Gasteiger charge is -2.41. The Morgan fingerprint density at radius 3 is 2.45 bits per heavy atom. The Balaban J connectivity index is 1.46. The average molecular weight is 439 g/mol. The maximum Gasteiger partial charge on any atom is 0.254 e. The van der Waals surface area contributed by atoms with Crippen LogP contribution in [0.1, 0.15) is 57.9 Å². The Bertz CT molecular complexity index is 1170. The van der Waals surface area contributed by atoms with Crippen molar-refractivity contribution in [1.82, 2.24) is 4.90 Å². The van der Waals surface area contributed by atoms with E-state index in [9.17, 15) is 9.59 Å². The van der Waals surface area contributed by atoms with E-state index in [0.29, 0.717) is 12.1 Å². The van der Waals surface area contributed by atoms with Gasteiger partial charge in [-0.25, -0.2) is 0 Å². The largest absolute Gasteiger partial charge is 0.331 e. The summed E-state index contributed by atoms with van der Waals surface area (Å²) in [7, 11) is 0. The molecular formula is C29H30N2O2. The maximum absolute atomic E-state index is 13.7. The van der Waals surface area contributed by atoms with Crippen LogP contribution in [-0.4, -0.2) is 23.3 Å². The van der Waals surface area contributed by atoms with Crippen molar-refractivity contribution in [2.45, 2.75) is 45.1 Å². The number of amides is 2. The molecule has 2 atom stereocenters. The molecule has 1 aliphatic carbocycles. The molecule has 0 spiro atoms. The number of fused-ring (bicyclic) bond motifs is 1. The van der Waals surface area contributed by atoms with Gasteiger partial charge < -0.3 is 10.2 Å². The molecule has 0 aromatic heterocycles. The Hall–Kier alpha value is -3.40. The first-order chi connectivity index (χ1) is 16.1. The number of hydrogen-bond donors (Lipinski definition) is 1. The second-order valence-electron chi connectivity index (χ2n) is 9.24. The molecule has 1 heterocycles. The zero-order valence-electron chi connectivity index (χ0n) is 19.1. The highest BCUT2D eigenvalue weighted by Crippen LogP contribution is 2.38. The fraction of sp³-hybridized carbons (Fsp3) is 0.310. The van der Waals surface area contributed by atoms with Gasteiger partial charge in [0, 0.05) is 17.8 Å². The average Bonchev–Trinajstić information content (AvgIpc) is 3.32. The summed E-state index contributed by atoms with van der Waals surface area (Å²) in [6.45, 7) is 2.61. The van der Waals surface area contributed by atoms with Crippen molar-refractivity contribution in [3.63, 3.8) is 0 Å². The highest BCUT2D eigenvalue weighted by atomic mass is 16.2. The van der Waals surface area contributed by atoms with E-state index in [0.717, 1.165) is 42.5 Å². The molecule has 168 valence electrons. The standard InChI is InChI=1S/C29H30N2O2/c1-20-9-5-6-14-25(20)29(33)31-18-8-15-26(27(31)22-10-3-2-4-11-22)28(32)30-24-17-16-21-12-7-13-23(21)19-24/h2-6,9-11,14,16-17,19,26-27H,7-8,12-13,15,18H2,1H3,(H,30,32)/t26-,27-/m0/s1. The summed E-state index contributed by atoms with van der Waals surface area (Å²) in [6.07, 6.45) is 4.95. The summed E-state index contributed by atoms with van der Waals surface area (Å²) in [5, 5.41) is 3.17. The van der Waals surface area contributed by atoms with Gasteiger partial charge in [-0.15, -0.1) is 0 Å². The van der Waals surface area contributed by atoms with Gasteiger partial charge in [-0.3, -0.25) is 9.59 Å². The van der Waals surface area contributed by atoms with E-state index < -0.39 is 0 Å². The number of likely N-dealkylation sites (tertiary alicyclic amines) is 1. The van der Waals surface area contributed by atoms with Crippen molar-refractivity contribution in [3.05, 3.63) is 101 Å². The topological polar surface area (TPSA) is 49.4 Å². The highest BCUT2D eigenvalue weighted by Gasteiger charge is 2.39. The van der Waals surface area contributed by atoms with Crippen LogP contribution in [0.2, 0.25) is 0 Å². The van der Waals surface area contributed by atoms with E-state index >= 15 is 0 Å². The molecule has 4 nitrogen and oxygen atoms in total. The van der Waals surface area contributed by atoms with Gasteiger partial charge in [-0.05, 0) is 79.5 Å². The van der Waals surface area contributed by atoms with E-state index in [1.54, 1.807) is 0 Å². The minimum Gasteiger partial charge on any atom is -0.331 e. The Morgan fingerprint density at radius 1 is 0.879 bits per heavy atom. The van der Waals surface area contributed by atoms with Crippen LogP contribution in [0.3, 0.4) is 0 Å². The number of rotatable bonds is 4. The second-order valence-corrected chi connectivity index (χ2v) is 9.24. The van der Waals surface area contributed by atoms with Gasteiger partial charge in [-0.2, -0.15) is 0 Å². The molecule has 4 heteroatoms. The van der Waals surface area contributed by atoms with Crippen molar-refractivity contribution >= 4 is 17.5 Å². The summed E-state index contributed by atoms with van der Waals surface area (Å²) in [4.78, 5) is 29.1. The zero-order chi connectivity index (χ0) is 22.8. The third kappa shape index (κ3) is 4.30. The van der Waals surface area contributed by atoms with E-state index in [4.69, 9.17) is 0 Å². The number of anilines is 1. The predicted octanol–water partition coefficient (Wildman–Crippen LogP) is 5.72. The summed E-state index contributed by atoms with van der Waals surface area (Å²) in [5.41, 5.74) is 6.26. The van der Waals surface area contributed by atoms with Crippen LogP contribution in [0.25, 0.3) is 0 Å². The fourth-order valence-electron chi connectivity index (χ4n) is 5.41. The van der Waals surface area contributed by atoms with Gasteiger partial charge in [0.05, 0.1) is 12.0 Å². The van der Waals surface area contributed by atoms with Crippen LogP contribution in [-0.2, 0) is 17.6 Å². The maximum atomic E-state index is 13.7. The van der Waals surface area contributed by atoms with Crippen LogP contribution in [0.4, 0.5) is 5.69 Å². The molecule has 5 rings (SSSR count). The molecule has 0 unspecified atom stereocenters. The smallest absolute Gasteiger partial charge is 0.254 e. The number of aryl methyl sites for hydroxylation is 3. The van der Waals surface area contributed by atoms with E-state index in [-0.39, 0.29) is 23.8 Å². The molecule has 33 heavy (non-hydrogen) atoms. The van der Waals surface area contributed by atoms with Gasteiger partial charge in [-0.1, -0.05) is 54.6 Å². The lowest BCUT2D eigenvalue weighted by Crippen LogP contribution is -2.46. The lowest BCUT2D eigenvalue weighted by atomic mass is 9.83. The van der Waals surface area contributed by atoms with Crippen molar-refractivity contribution in [1.29, 1.82) is 0 Å². The van der Waals surface area contributed by atoms with Crippen molar-refractivity contribution in [2.24, 2.45) is 5.92 Å². The summed E-state index contributed by atoms with van der Waals surface area (Å²) >= 11 is 0. The van der Waals surface area contributed by atoms with E-state index in [1.807, 2.05) is 72.5 Å². The quantitative estimate of drug-likeness (QED) is 0.567. The van der Waals surface area contributed by atoms with Crippen molar-refractivity contribution in [3.8, 4) is 0 Å². The molecule has 1 fully saturated rings. The molecule has 1 N–H and O–H groups in total. The van der Waals surface area contributed by atoms with Crippen molar-refractivity contribution < 1.29 is 9.59 Å². The molecule has 0 saturated carbocycles. The number of nitrogens with zero attached hydrogens (tertiary/aromatic N) is 1. The molecule has 2 amide bonds. The Labute approximate surface area is 195 Å². The van der Waals surface area contributed by atoms with E-state index in [1.165, 1.54) is 17.5 Å². The van der Waals surface area contributed by atoms with Gasteiger partial charge >= 0.3 is 0 Å². The number of nitrogens with one attached hydrogen (secondary N) is 1. The Kier molecular flexibility index (Phi) is 5.99. The molecule has 0 radical (unpaired) electrons. The number of carbonyl (C=O) groups excluding carboxylic acids is 2. The van der Waals surface area contributed by atoms with Gasteiger partial charge in [0.15, 0.2) is 0 Å². The minimum absolute atomic E-state index is 0.00279. The predicted molar refractivity (Wildman–Crippen MR) is 131 cm³/mol. The van der Waals surface area contributed by atoms with Crippen LogP contribution in [0.5, 0.6) is 0 Å². The van der Waals surface area contributed by atoms with Crippen LogP contribution in [0, 0.1) is 12.8 Å². The third-order valence-electron chi connectivity index (χ3n) is 7.11. The number of carbonyl (C=O) groups is 2. The normalized spacial score (nSPS) is 19.7. The number of hydrogen-bond acceptors (Lipinski definition) is 2. The summed E-state index contributed by atoms with van der Waals surface area (Å²) < 4.78 is 0. The van der Waals surface area contributed by atoms with Crippen LogP contribution < -0.4 is 5.32 Å². The van der Waals surface area contributed by atoms with Crippen LogP contribution >= 0.6 is 0 Å². The molecule has 3 aromatic carbocycles. The first kappa shape index (κ1) is 21.4. The molecule has 3 aromatic rings. The monoisotopic (exact) mass is 438 g/mol. The van der Waals surface area contributed by atoms with Crippen molar-refractivity contribution in [2.75, 3.05) is 11.9 Å². The molecular weight excluding hydrogens is 408 g/mol. The molecule has 1 aliphatic heterocycles. The molecule has 2 aliphatic rings. The van der Waals surface area contributed by atoms with Gasteiger partial charge in [0.25, 0.3) is 5.91 Å². The minimum atomic E-state index is -0.303. The molecule has 1 saturated heterocycles. The fourth-order valence-corrected chi connectivity index (χ4v) is 5.41. The van der Waals surface area contributed by atoms with Gasteiger partial charge in [0.1, 0.15) is 0 Å². The third-order valence-corrected chi connectivity index (χ3v) is 7.11. The first-order valence-electron chi connectivity index (χ1n) is 12.0. The molecule has 0 bridgehead atoms. The second kappa shape index (κ2) is 9.22. The SMILES string of the molecule is Cc1ccccc1C(=O)N1CCC[C@H](C(=O)Nc2ccc3c(c2)CCC3)[C@@H]1c1ccccc1. The Morgan fingerprint density at radius 2 is 1.64 bits per heavy atom. The number of benzene rings is 3. The lowest BCUT2D eigenvalue weighted by molar-refractivity contribution is -0.123. The van der Waals surface area contributed by atoms with Gasteiger partial charge in [0.2, 0.25) is 5.91 Å². The zero-order valence-corrected chi connectivity index (χ0v) is 19.1. The number of piperidine rings is 1.